The van der Waals surface area contributed by atoms with E-state index >= 15 is 0 Å². The summed E-state index contributed by atoms with van der Waals surface area (Å²) in [6.07, 6.45) is 5.22. The van der Waals surface area contributed by atoms with Crippen LogP contribution < -0.4 is 10.6 Å². The molecule has 3 heteroatoms. The van der Waals surface area contributed by atoms with Crippen LogP contribution in [0.2, 0.25) is 0 Å². The van der Waals surface area contributed by atoms with Gasteiger partial charge < -0.3 is 15.1 Å². The summed E-state index contributed by atoms with van der Waals surface area (Å²) in [5.74, 6) is 1.01. The zero-order valence-electron chi connectivity index (χ0n) is 12.0. The van der Waals surface area contributed by atoms with Crippen molar-refractivity contribution >= 4 is 5.69 Å². The Morgan fingerprint density at radius 2 is 2.05 bits per heavy atom. The highest BCUT2D eigenvalue weighted by molar-refractivity contribution is 5.56. The summed E-state index contributed by atoms with van der Waals surface area (Å²) in [5, 5.41) is 0. The van der Waals surface area contributed by atoms with E-state index < -0.39 is 0 Å². The number of para-hydroxylation sites is 1. The van der Waals surface area contributed by atoms with Gasteiger partial charge in [-0.1, -0.05) is 25.1 Å². The average molecular weight is 270 g/mol. The lowest BCUT2D eigenvalue weighted by atomic mass is 10.0. The Labute approximate surface area is 120 Å². The number of nitrogens with two attached hydrogens (primary N) is 1. The van der Waals surface area contributed by atoms with Crippen molar-refractivity contribution in [2.75, 3.05) is 4.90 Å². The van der Waals surface area contributed by atoms with Gasteiger partial charge in [0, 0.05) is 17.8 Å². The molecule has 0 radical (unpaired) electrons. The van der Waals surface area contributed by atoms with E-state index in [1.54, 1.807) is 6.26 Å². The quantitative estimate of drug-likeness (QED) is 0.866. The van der Waals surface area contributed by atoms with Gasteiger partial charge in [-0.2, -0.15) is 0 Å². The third kappa shape index (κ3) is 2.73. The predicted octanol–water partition coefficient (Wildman–Crippen LogP) is 3.86. The third-order valence-corrected chi connectivity index (χ3v) is 3.98. The highest BCUT2D eigenvalue weighted by atomic mass is 16.3. The first-order valence-electron chi connectivity index (χ1n) is 7.43. The van der Waals surface area contributed by atoms with Gasteiger partial charge in [-0.25, -0.2) is 0 Å². The maximum Gasteiger partial charge on any atom is 0.123 e. The number of anilines is 1. The van der Waals surface area contributed by atoms with Gasteiger partial charge in [-0.05, 0) is 43.0 Å². The molecule has 1 aliphatic rings. The molecule has 0 spiro atoms. The molecular formula is C17H22N2O. The minimum Gasteiger partial charge on any atom is -0.467 e. The SMILES string of the molecule is CC[C@H](N)c1ccccc1N(Cc1ccco1)C1CC1. The average Bonchev–Trinajstić information content (AvgIpc) is 3.20. The summed E-state index contributed by atoms with van der Waals surface area (Å²) >= 11 is 0. The summed E-state index contributed by atoms with van der Waals surface area (Å²) in [4.78, 5) is 2.45. The van der Waals surface area contributed by atoms with E-state index in [1.165, 1.54) is 24.1 Å². The first kappa shape index (κ1) is 13.3. The molecule has 0 amide bonds. The molecule has 0 unspecified atom stereocenters. The minimum absolute atomic E-state index is 0.101. The van der Waals surface area contributed by atoms with E-state index in [0.717, 1.165) is 18.7 Å². The van der Waals surface area contributed by atoms with Crippen molar-refractivity contribution in [3.63, 3.8) is 0 Å². The molecule has 3 rings (SSSR count). The number of rotatable bonds is 6. The van der Waals surface area contributed by atoms with Crippen LogP contribution in [0.3, 0.4) is 0 Å². The molecule has 20 heavy (non-hydrogen) atoms. The van der Waals surface area contributed by atoms with Crippen LogP contribution in [-0.4, -0.2) is 6.04 Å². The molecule has 2 N–H and O–H groups in total. The van der Waals surface area contributed by atoms with Crippen LogP contribution in [0, 0.1) is 0 Å². The summed E-state index contributed by atoms with van der Waals surface area (Å²) in [5.41, 5.74) is 8.79. The topological polar surface area (TPSA) is 42.4 Å². The molecule has 106 valence electrons. The molecule has 1 heterocycles. The number of hydrogen-bond donors (Lipinski definition) is 1. The van der Waals surface area contributed by atoms with Crippen molar-refractivity contribution < 1.29 is 4.42 Å². The summed E-state index contributed by atoms with van der Waals surface area (Å²) in [6.45, 7) is 2.96. The zero-order chi connectivity index (χ0) is 13.9. The maximum atomic E-state index is 6.28. The fraction of sp³-hybridized carbons (Fsp3) is 0.412. The molecule has 3 nitrogen and oxygen atoms in total. The second-order valence-electron chi connectivity index (χ2n) is 5.51. The third-order valence-electron chi connectivity index (χ3n) is 3.98. The van der Waals surface area contributed by atoms with Crippen LogP contribution in [0.25, 0.3) is 0 Å². The van der Waals surface area contributed by atoms with Gasteiger partial charge in [0.05, 0.1) is 12.8 Å². The van der Waals surface area contributed by atoms with Gasteiger partial charge in [0.25, 0.3) is 0 Å². The largest absolute Gasteiger partial charge is 0.467 e. The van der Waals surface area contributed by atoms with Gasteiger partial charge in [-0.15, -0.1) is 0 Å². The fourth-order valence-corrected chi connectivity index (χ4v) is 2.65. The van der Waals surface area contributed by atoms with Crippen LogP contribution >= 0.6 is 0 Å². The molecule has 1 aromatic carbocycles. The molecule has 1 aliphatic carbocycles. The monoisotopic (exact) mass is 270 g/mol. The van der Waals surface area contributed by atoms with Crippen LogP contribution in [0.15, 0.2) is 47.1 Å². The Morgan fingerprint density at radius 3 is 2.70 bits per heavy atom. The van der Waals surface area contributed by atoms with E-state index in [2.05, 4.69) is 36.1 Å². The summed E-state index contributed by atoms with van der Waals surface area (Å²) in [7, 11) is 0. The van der Waals surface area contributed by atoms with Crippen molar-refractivity contribution in [3.8, 4) is 0 Å². The van der Waals surface area contributed by atoms with Crippen molar-refractivity contribution in [2.24, 2.45) is 5.73 Å². The number of benzene rings is 1. The number of hydrogen-bond acceptors (Lipinski definition) is 3. The summed E-state index contributed by atoms with van der Waals surface area (Å²) < 4.78 is 5.52. The smallest absolute Gasteiger partial charge is 0.123 e. The van der Waals surface area contributed by atoms with Crippen LogP contribution in [-0.2, 0) is 6.54 Å². The van der Waals surface area contributed by atoms with E-state index in [1.807, 2.05) is 12.1 Å². The minimum atomic E-state index is 0.101. The lowest BCUT2D eigenvalue weighted by molar-refractivity contribution is 0.500. The lowest BCUT2D eigenvalue weighted by Crippen LogP contribution is -2.27. The lowest BCUT2D eigenvalue weighted by Gasteiger charge is -2.28. The second-order valence-corrected chi connectivity index (χ2v) is 5.51. The van der Waals surface area contributed by atoms with Crippen molar-refractivity contribution in [2.45, 2.75) is 44.8 Å². The first-order chi connectivity index (χ1) is 9.79. The molecule has 0 saturated heterocycles. The Morgan fingerprint density at radius 1 is 1.25 bits per heavy atom. The van der Waals surface area contributed by atoms with E-state index in [-0.39, 0.29) is 6.04 Å². The number of furan rings is 1. The molecule has 1 atom stereocenters. The Hall–Kier alpha value is -1.74. The molecule has 1 aromatic heterocycles. The van der Waals surface area contributed by atoms with Crippen molar-refractivity contribution in [3.05, 3.63) is 54.0 Å². The van der Waals surface area contributed by atoms with E-state index in [0.29, 0.717) is 6.04 Å². The Balaban J connectivity index is 1.91. The van der Waals surface area contributed by atoms with E-state index in [4.69, 9.17) is 10.2 Å². The van der Waals surface area contributed by atoms with Crippen LogP contribution in [0.1, 0.15) is 43.6 Å². The van der Waals surface area contributed by atoms with Crippen molar-refractivity contribution in [1.82, 2.24) is 0 Å². The Kier molecular flexibility index (Phi) is 3.79. The van der Waals surface area contributed by atoms with Gasteiger partial charge >= 0.3 is 0 Å². The van der Waals surface area contributed by atoms with Crippen molar-refractivity contribution in [1.29, 1.82) is 0 Å². The highest BCUT2D eigenvalue weighted by Crippen LogP contribution is 2.36. The molecule has 0 bridgehead atoms. The molecule has 2 aromatic rings. The molecular weight excluding hydrogens is 248 g/mol. The molecule has 1 fully saturated rings. The normalized spacial score (nSPS) is 16.1. The van der Waals surface area contributed by atoms with Gasteiger partial charge in [0.15, 0.2) is 0 Å². The zero-order valence-corrected chi connectivity index (χ0v) is 12.0. The van der Waals surface area contributed by atoms with Crippen LogP contribution in [0.4, 0.5) is 5.69 Å². The summed E-state index contributed by atoms with van der Waals surface area (Å²) in [6, 6.07) is 13.2. The second kappa shape index (κ2) is 5.71. The molecule has 1 saturated carbocycles. The van der Waals surface area contributed by atoms with Gasteiger partial charge in [0.2, 0.25) is 0 Å². The van der Waals surface area contributed by atoms with Gasteiger partial charge in [0.1, 0.15) is 5.76 Å². The Bertz CT molecular complexity index is 546. The predicted molar refractivity (Wildman–Crippen MR) is 81.6 cm³/mol. The maximum absolute atomic E-state index is 6.28. The van der Waals surface area contributed by atoms with Crippen LogP contribution in [0.5, 0.6) is 0 Å². The molecule has 0 aliphatic heterocycles. The number of nitrogens with zero attached hydrogens (tertiary/aromatic N) is 1. The first-order valence-corrected chi connectivity index (χ1v) is 7.43. The van der Waals surface area contributed by atoms with Gasteiger partial charge in [-0.3, -0.25) is 0 Å². The highest BCUT2D eigenvalue weighted by Gasteiger charge is 2.31. The standard InChI is InChI=1S/C17H22N2O/c1-2-16(18)15-7-3-4-8-17(15)19(13-9-10-13)12-14-6-5-11-20-14/h3-8,11,13,16H,2,9-10,12,18H2,1H3/t16-/m0/s1. The fourth-order valence-electron chi connectivity index (χ4n) is 2.65. The van der Waals surface area contributed by atoms with E-state index in [9.17, 15) is 0 Å².